The first-order valence-corrected chi connectivity index (χ1v) is 11.1. The summed E-state index contributed by atoms with van der Waals surface area (Å²) in [7, 11) is 0. The van der Waals surface area contributed by atoms with E-state index in [2.05, 4.69) is 38.0 Å². The van der Waals surface area contributed by atoms with Crippen LogP contribution in [-0.4, -0.2) is 67.7 Å². The minimum absolute atomic E-state index is 0.0452. The number of nitrogens with zero attached hydrogens (tertiary/aromatic N) is 4. The van der Waals surface area contributed by atoms with Gasteiger partial charge in [0.25, 0.3) is 0 Å². The van der Waals surface area contributed by atoms with E-state index in [0.717, 1.165) is 12.1 Å². The van der Waals surface area contributed by atoms with Crippen molar-refractivity contribution in [3.63, 3.8) is 0 Å². The van der Waals surface area contributed by atoms with Crippen LogP contribution in [0, 0.1) is 18.3 Å². The quantitative estimate of drug-likeness (QED) is 0.717. The second kappa shape index (κ2) is 8.88. The molecule has 1 aromatic heterocycles. The molecule has 2 atom stereocenters. The predicted molar refractivity (Wildman–Crippen MR) is 116 cm³/mol. The van der Waals surface area contributed by atoms with Crippen LogP contribution < -0.4 is 5.32 Å². The molecule has 0 radical (unpaired) electrons. The molecule has 1 aromatic rings. The summed E-state index contributed by atoms with van der Waals surface area (Å²) >= 11 is 0. The number of nitrogens with one attached hydrogen (secondary N) is 1. The topological polar surface area (TPSA) is 108 Å². The standard InChI is InChI=1S/C22H35N5O4/c1-14(11-22(3,4)5)10-18(24-20(29)30)19(28)25-8-6-16(7-9-25)26-13-17-12-23-15(2)27(17)21(26)31/h12,14,16,18,24H,6-11,13H2,1-5H3,(H,29,30). The lowest BCUT2D eigenvalue weighted by atomic mass is 9.82. The van der Waals surface area contributed by atoms with Crippen molar-refractivity contribution in [2.45, 2.75) is 78.9 Å². The zero-order valence-electron chi connectivity index (χ0n) is 19.2. The molecular weight excluding hydrogens is 398 g/mol. The third-order valence-electron chi connectivity index (χ3n) is 6.19. The Hall–Kier alpha value is -2.58. The Labute approximate surface area is 183 Å². The number of fused-ring (bicyclic) bond motifs is 1. The van der Waals surface area contributed by atoms with Gasteiger partial charge in [-0.1, -0.05) is 27.7 Å². The van der Waals surface area contributed by atoms with E-state index >= 15 is 0 Å². The summed E-state index contributed by atoms with van der Waals surface area (Å²) in [6.07, 6.45) is 3.33. The Bertz CT molecular complexity index is 835. The summed E-state index contributed by atoms with van der Waals surface area (Å²) in [4.78, 5) is 45.0. The van der Waals surface area contributed by atoms with Gasteiger partial charge in [0.2, 0.25) is 5.91 Å². The van der Waals surface area contributed by atoms with E-state index in [4.69, 9.17) is 0 Å². The Kier molecular flexibility index (Phi) is 6.62. The molecule has 1 saturated heterocycles. The van der Waals surface area contributed by atoms with E-state index in [1.54, 1.807) is 15.7 Å². The van der Waals surface area contributed by atoms with E-state index in [-0.39, 0.29) is 29.3 Å². The Morgan fingerprint density at radius 3 is 2.48 bits per heavy atom. The summed E-state index contributed by atoms with van der Waals surface area (Å²) in [5, 5.41) is 11.7. The first-order valence-electron chi connectivity index (χ1n) is 11.1. The van der Waals surface area contributed by atoms with Gasteiger partial charge in [0.1, 0.15) is 11.9 Å². The van der Waals surface area contributed by atoms with Crippen molar-refractivity contribution >= 4 is 18.0 Å². The first-order chi connectivity index (χ1) is 14.5. The van der Waals surface area contributed by atoms with Crippen molar-refractivity contribution in [1.29, 1.82) is 0 Å². The van der Waals surface area contributed by atoms with Gasteiger partial charge in [-0.05, 0) is 43.9 Å². The summed E-state index contributed by atoms with van der Waals surface area (Å²) in [6.45, 7) is 11.9. The van der Waals surface area contributed by atoms with Crippen LogP contribution >= 0.6 is 0 Å². The molecule has 3 heterocycles. The van der Waals surface area contributed by atoms with Crippen LogP contribution in [0.2, 0.25) is 0 Å². The lowest BCUT2D eigenvalue weighted by Crippen LogP contribution is -2.53. The molecule has 0 aromatic carbocycles. The first kappa shape index (κ1) is 23.1. The lowest BCUT2D eigenvalue weighted by molar-refractivity contribution is -0.135. The average Bonchev–Trinajstić information content (AvgIpc) is 3.19. The maximum atomic E-state index is 13.1. The van der Waals surface area contributed by atoms with Gasteiger partial charge in [0.05, 0.1) is 18.4 Å². The molecule has 2 aliphatic rings. The van der Waals surface area contributed by atoms with Crippen molar-refractivity contribution in [1.82, 2.24) is 24.7 Å². The monoisotopic (exact) mass is 433 g/mol. The van der Waals surface area contributed by atoms with Crippen LogP contribution in [0.25, 0.3) is 0 Å². The second-order valence-electron chi connectivity index (χ2n) is 10.2. The number of likely N-dealkylation sites (tertiary alicyclic amines) is 1. The smallest absolute Gasteiger partial charge is 0.405 e. The van der Waals surface area contributed by atoms with Crippen molar-refractivity contribution in [2.75, 3.05) is 13.1 Å². The number of rotatable bonds is 6. The predicted octanol–water partition coefficient (Wildman–Crippen LogP) is 3.06. The summed E-state index contributed by atoms with van der Waals surface area (Å²) in [5.41, 5.74) is 1.02. The van der Waals surface area contributed by atoms with Crippen LogP contribution in [0.3, 0.4) is 0 Å². The van der Waals surface area contributed by atoms with Gasteiger partial charge < -0.3 is 20.2 Å². The molecule has 1 fully saturated rings. The molecule has 2 N–H and O–H groups in total. The number of carbonyl (C=O) groups excluding carboxylic acids is 2. The third kappa shape index (κ3) is 5.37. The van der Waals surface area contributed by atoms with Crippen molar-refractivity contribution in [3.8, 4) is 0 Å². The van der Waals surface area contributed by atoms with E-state index in [1.165, 1.54) is 0 Å². The maximum Gasteiger partial charge on any atom is 0.405 e. The lowest BCUT2D eigenvalue weighted by Gasteiger charge is -2.38. The minimum Gasteiger partial charge on any atom is -0.465 e. The maximum absolute atomic E-state index is 13.1. The molecule has 172 valence electrons. The molecule has 0 saturated carbocycles. The second-order valence-corrected chi connectivity index (χ2v) is 10.2. The largest absolute Gasteiger partial charge is 0.465 e. The van der Waals surface area contributed by atoms with Crippen molar-refractivity contribution < 1.29 is 19.5 Å². The average molecular weight is 434 g/mol. The number of amides is 3. The van der Waals surface area contributed by atoms with E-state index in [9.17, 15) is 19.5 Å². The van der Waals surface area contributed by atoms with Crippen molar-refractivity contribution in [3.05, 3.63) is 17.7 Å². The number of hydrogen-bond donors (Lipinski definition) is 2. The van der Waals surface area contributed by atoms with Crippen LogP contribution in [0.1, 0.15) is 64.9 Å². The summed E-state index contributed by atoms with van der Waals surface area (Å²) in [6, 6.07) is -0.716. The normalized spacial score (nSPS) is 19.3. The summed E-state index contributed by atoms with van der Waals surface area (Å²) in [5.74, 6) is 0.745. The highest BCUT2D eigenvalue weighted by Gasteiger charge is 2.37. The van der Waals surface area contributed by atoms with Crippen LogP contribution in [0.4, 0.5) is 9.59 Å². The molecule has 0 aliphatic carbocycles. The zero-order chi connectivity index (χ0) is 22.9. The highest BCUT2D eigenvalue weighted by Crippen LogP contribution is 2.29. The molecule has 3 amide bonds. The Balaban J connectivity index is 1.58. The Morgan fingerprint density at radius 2 is 1.94 bits per heavy atom. The Morgan fingerprint density at radius 1 is 1.29 bits per heavy atom. The number of carboxylic acid groups (broad SMARTS) is 1. The van der Waals surface area contributed by atoms with Crippen LogP contribution in [0.5, 0.6) is 0 Å². The molecule has 9 heteroatoms. The van der Waals surface area contributed by atoms with Gasteiger partial charge in [-0.2, -0.15) is 0 Å². The van der Waals surface area contributed by atoms with E-state index < -0.39 is 12.1 Å². The van der Waals surface area contributed by atoms with Crippen LogP contribution in [-0.2, 0) is 11.3 Å². The number of aromatic nitrogens is 2. The number of hydrogen-bond acceptors (Lipinski definition) is 4. The van der Waals surface area contributed by atoms with Crippen molar-refractivity contribution in [2.24, 2.45) is 11.3 Å². The fourth-order valence-electron chi connectivity index (χ4n) is 5.04. The summed E-state index contributed by atoms with van der Waals surface area (Å²) < 4.78 is 1.65. The highest BCUT2D eigenvalue weighted by atomic mass is 16.4. The van der Waals surface area contributed by atoms with Gasteiger partial charge in [0, 0.05) is 19.1 Å². The highest BCUT2D eigenvalue weighted by molar-refractivity contribution is 5.85. The molecule has 0 bridgehead atoms. The van der Waals surface area contributed by atoms with Crippen LogP contribution in [0.15, 0.2) is 6.20 Å². The molecule has 3 rings (SSSR count). The number of aryl methyl sites for hydroxylation is 1. The fourth-order valence-corrected chi connectivity index (χ4v) is 5.04. The molecule has 9 nitrogen and oxygen atoms in total. The van der Waals surface area contributed by atoms with Gasteiger partial charge >= 0.3 is 12.1 Å². The fraction of sp³-hybridized carbons (Fsp3) is 0.727. The number of carbonyl (C=O) groups is 3. The zero-order valence-corrected chi connectivity index (χ0v) is 19.2. The molecule has 2 aliphatic heterocycles. The van der Waals surface area contributed by atoms with Gasteiger partial charge in [0.15, 0.2) is 0 Å². The third-order valence-corrected chi connectivity index (χ3v) is 6.19. The van der Waals surface area contributed by atoms with E-state index in [1.807, 2.05) is 11.8 Å². The van der Waals surface area contributed by atoms with E-state index in [0.29, 0.717) is 44.7 Å². The number of imidazole rings is 1. The molecule has 31 heavy (non-hydrogen) atoms. The van der Waals surface area contributed by atoms with Gasteiger partial charge in [-0.15, -0.1) is 0 Å². The molecule has 2 unspecified atom stereocenters. The minimum atomic E-state index is -1.18. The molecule has 0 spiro atoms. The SMILES string of the molecule is Cc1ncc2n1C(=O)N(C1CCN(C(=O)C(CC(C)CC(C)(C)C)NC(=O)O)CC1)C2. The molecular formula is C22H35N5O4. The number of piperidine rings is 1. The van der Waals surface area contributed by atoms with Gasteiger partial charge in [-0.3, -0.25) is 9.36 Å². The van der Waals surface area contributed by atoms with Gasteiger partial charge in [-0.25, -0.2) is 14.6 Å².